The molecule has 0 unspecified atom stereocenters. The first-order valence-corrected chi connectivity index (χ1v) is 8.27. The van der Waals surface area contributed by atoms with Crippen molar-refractivity contribution in [2.75, 3.05) is 0 Å². The standard InChI is InChI=1S/C19H14N2OS/c22-19-17-16(15-9-5-2-6-10-15)12-23-18(17)20-13-21(19)11-14-7-3-1-4-8-14/h1-10,12-13H,11H2. The number of aromatic nitrogens is 2. The molecule has 0 bridgehead atoms. The van der Waals surface area contributed by atoms with Gasteiger partial charge in [0.15, 0.2) is 0 Å². The van der Waals surface area contributed by atoms with Crippen molar-refractivity contribution in [1.82, 2.24) is 9.55 Å². The van der Waals surface area contributed by atoms with Crippen LogP contribution < -0.4 is 5.56 Å². The molecule has 0 aliphatic carbocycles. The van der Waals surface area contributed by atoms with Crippen LogP contribution in [0.1, 0.15) is 5.56 Å². The first kappa shape index (κ1) is 13.9. The summed E-state index contributed by atoms with van der Waals surface area (Å²) in [7, 11) is 0. The molecule has 23 heavy (non-hydrogen) atoms. The smallest absolute Gasteiger partial charge is 0.263 e. The van der Waals surface area contributed by atoms with Crippen LogP contribution in [0.5, 0.6) is 0 Å². The van der Waals surface area contributed by atoms with Crippen LogP contribution in [0, 0.1) is 0 Å². The van der Waals surface area contributed by atoms with Gasteiger partial charge in [-0.2, -0.15) is 0 Å². The van der Waals surface area contributed by atoms with E-state index >= 15 is 0 Å². The molecule has 0 fully saturated rings. The predicted octanol–water partition coefficient (Wildman–Crippen LogP) is 4.17. The average Bonchev–Trinajstić information content (AvgIpc) is 3.04. The van der Waals surface area contributed by atoms with Gasteiger partial charge in [-0.25, -0.2) is 4.98 Å². The maximum atomic E-state index is 12.9. The second kappa shape index (κ2) is 5.82. The van der Waals surface area contributed by atoms with Gasteiger partial charge < -0.3 is 0 Å². The number of fused-ring (bicyclic) bond motifs is 1. The number of nitrogens with zero attached hydrogens (tertiary/aromatic N) is 2. The van der Waals surface area contributed by atoms with Crippen molar-refractivity contribution >= 4 is 21.6 Å². The third-order valence-electron chi connectivity index (χ3n) is 3.84. The molecule has 0 N–H and O–H groups in total. The van der Waals surface area contributed by atoms with Crippen LogP contribution in [0.2, 0.25) is 0 Å². The Hall–Kier alpha value is -2.72. The van der Waals surface area contributed by atoms with Crippen molar-refractivity contribution in [2.45, 2.75) is 6.54 Å². The minimum absolute atomic E-state index is 0.0129. The highest BCUT2D eigenvalue weighted by molar-refractivity contribution is 7.17. The molecule has 0 saturated heterocycles. The van der Waals surface area contributed by atoms with Gasteiger partial charge in [-0.05, 0) is 11.1 Å². The Morgan fingerprint density at radius 3 is 2.39 bits per heavy atom. The van der Waals surface area contributed by atoms with Crippen molar-refractivity contribution < 1.29 is 0 Å². The van der Waals surface area contributed by atoms with E-state index in [4.69, 9.17) is 0 Å². The zero-order valence-corrected chi connectivity index (χ0v) is 13.2. The SMILES string of the molecule is O=c1c2c(-c3ccccc3)csc2ncn1Cc1ccccc1. The zero-order chi connectivity index (χ0) is 15.6. The van der Waals surface area contributed by atoms with Gasteiger partial charge in [0.05, 0.1) is 18.3 Å². The van der Waals surface area contributed by atoms with Gasteiger partial charge >= 0.3 is 0 Å². The van der Waals surface area contributed by atoms with E-state index in [2.05, 4.69) is 4.98 Å². The maximum absolute atomic E-state index is 12.9. The molecular formula is C19H14N2OS. The molecule has 0 aliphatic rings. The maximum Gasteiger partial charge on any atom is 0.263 e. The van der Waals surface area contributed by atoms with Crippen LogP contribution in [0.25, 0.3) is 21.3 Å². The molecule has 0 spiro atoms. The molecule has 3 nitrogen and oxygen atoms in total. The Labute approximate surface area is 137 Å². The highest BCUT2D eigenvalue weighted by Crippen LogP contribution is 2.30. The second-order valence-electron chi connectivity index (χ2n) is 5.36. The lowest BCUT2D eigenvalue weighted by molar-refractivity contribution is 0.749. The zero-order valence-electron chi connectivity index (χ0n) is 12.3. The fraction of sp³-hybridized carbons (Fsp3) is 0.0526. The van der Waals surface area contributed by atoms with Crippen LogP contribution in [-0.2, 0) is 6.54 Å². The van der Waals surface area contributed by atoms with E-state index in [1.165, 1.54) is 11.3 Å². The van der Waals surface area contributed by atoms with E-state index in [1.54, 1.807) is 10.9 Å². The number of hydrogen-bond donors (Lipinski definition) is 0. The Kier molecular flexibility index (Phi) is 3.52. The van der Waals surface area contributed by atoms with Crippen molar-refractivity contribution in [3.63, 3.8) is 0 Å². The van der Waals surface area contributed by atoms with Crippen LogP contribution in [0.3, 0.4) is 0 Å². The minimum Gasteiger partial charge on any atom is -0.294 e. The molecule has 0 saturated carbocycles. The normalized spacial score (nSPS) is 11.0. The number of rotatable bonds is 3. The minimum atomic E-state index is 0.0129. The molecule has 0 amide bonds. The van der Waals surface area contributed by atoms with E-state index in [0.717, 1.165) is 21.5 Å². The summed E-state index contributed by atoms with van der Waals surface area (Å²) in [6.07, 6.45) is 1.64. The lowest BCUT2D eigenvalue weighted by Gasteiger charge is -2.06. The van der Waals surface area contributed by atoms with Crippen LogP contribution >= 0.6 is 11.3 Å². The van der Waals surface area contributed by atoms with E-state index in [-0.39, 0.29) is 5.56 Å². The van der Waals surface area contributed by atoms with Crippen molar-refractivity contribution in [2.24, 2.45) is 0 Å². The fourth-order valence-electron chi connectivity index (χ4n) is 2.69. The molecule has 0 aliphatic heterocycles. The second-order valence-corrected chi connectivity index (χ2v) is 6.22. The Morgan fingerprint density at radius 1 is 0.957 bits per heavy atom. The topological polar surface area (TPSA) is 34.9 Å². The van der Waals surface area contributed by atoms with Crippen molar-refractivity contribution in [1.29, 1.82) is 0 Å². The van der Waals surface area contributed by atoms with Gasteiger partial charge in [0, 0.05) is 10.9 Å². The number of thiophene rings is 1. The lowest BCUT2D eigenvalue weighted by atomic mass is 10.1. The first-order valence-electron chi connectivity index (χ1n) is 7.39. The largest absolute Gasteiger partial charge is 0.294 e. The van der Waals surface area contributed by atoms with E-state index in [0.29, 0.717) is 11.9 Å². The summed E-state index contributed by atoms with van der Waals surface area (Å²) < 4.78 is 1.68. The third-order valence-corrected chi connectivity index (χ3v) is 4.73. The van der Waals surface area contributed by atoms with E-state index < -0.39 is 0 Å². The van der Waals surface area contributed by atoms with Crippen LogP contribution in [0.4, 0.5) is 0 Å². The summed E-state index contributed by atoms with van der Waals surface area (Å²) in [5, 5.41) is 2.72. The monoisotopic (exact) mass is 318 g/mol. The molecule has 4 heteroatoms. The molecular weight excluding hydrogens is 304 g/mol. The Morgan fingerprint density at radius 2 is 1.65 bits per heavy atom. The van der Waals surface area contributed by atoms with Crippen LogP contribution in [0.15, 0.2) is 77.2 Å². The van der Waals surface area contributed by atoms with E-state index in [9.17, 15) is 4.79 Å². The molecule has 2 heterocycles. The summed E-state index contributed by atoms with van der Waals surface area (Å²) in [5.74, 6) is 0. The molecule has 4 rings (SSSR count). The summed E-state index contributed by atoms with van der Waals surface area (Å²) in [4.78, 5) is 18.2. The molecule has 0 atom stereocenters. The fourth-order valence-corrected chi connectivity index (χ4v) is 3.60. The number of benzene rings is 2. The van der Waals surface area contributed by atoms with Crippen LogP contribution in [-0.4, -0.2) is 9.55 Å². The van der Waals surface area contributed by atoms with Gasteiger partial charge in [-0.1, -0.05) is 60.7 Å². The average molecular weight is 318 g/mol. The summed E-state index contributed by atoms with van der Waals surface area (Å²) in [6, 6.07) is 20.0. The van der Waals surface area contributed by atoms with Gasteiger partial charge in [0.1, 0.15) is 4.83 Å². The van der Waals surface area contributed by atoms with Gasteiger partial charge in [-0.15, -0.1) is 11.3 Å². The number of hydrogen-bond acceptors (Lipinski definition) is 3. The van der Waals surface area contributed by atoms with E-state index in [1.807, 2.05) is 66.0 Å². The lowest BCUT2D eigenvalue weighted by Crippen LogP contribution is -2.20. The molecule has 2 aromatic carbocycles. The molecule has 2 aromatic heterocycles. The highest BCUT2D eigenvalue weighted by Gasteiger charge is 2.13. The summed E-state index contributed by atoms with van der Waals surface area (Å²) >= 11 is 1.51. The predicted molar refractivity (Wildman–Crippen MR) is 94.9 cm³/mol. The Balaban J connectivity index is 1.86. The van der Waals surface area contributed by atoms with Gasteiger partial charge in [0.25, 0.3) is 5.56 Å². The van der Waals surface area contributed by atoms with Gasteiger partial charge in [0.2, 0.25) is 0 Å². The molecule has 4 aromatic rings. The molecule has 112 valence electrons. The Bertz CT molecular complexity index is 1000. The third kappa shape index (κ3) is 2.58. The van der Waals surface area contributed by atoms with Crippen molar-refractivity contribution in [3.05, 3.63) is 88.3 Å². The quantitative estimate of drug-likeness (QED) is 0.568. The summed E-state index contributed by atoms with van der Waals surface area (Å²) in [6.45, 7) is 0.534. The first-order chi connectivity index (χ1) is 11.3. The van der Waals surface area contributed by atoms with Crippen molar-refractivity contribution in [3.8, 4) is 11.1 Å². The highest BCUT2D eigenvalue weighted by atomic mass is 32.1. The summed E-state index contributed by atoms with van der Waals surface area (Å²) in [5.41, 5.74) is 3.12. The van der Waals surface area contributed by atoms with Gasteiger partial charge in [-0.3, -0.25) is 9.36 Å². The molecule has 0 radical (unpaired) electrons.